The van der Waals surface area contributed by atoms with E-state index in [1.165, 1.54) is 6.07 Å². The van der Waals surface area contributed by atoms with Crippen LogP contribution in [0, 0.1) is 5.82 Å². The Morgan fingerprint density at radius 2 is 2.33 bits per heavy atom. The predicted octanol–water partition coefficient (Wildman–Crippen LogP) is 1.49. The summed E-state index contributed by atoms with van der Waals surface area (Å²) in [6, 6.07) is 5.86. The van der Waals surface area contributed by atoms with Gasteiger partial charge in [-0.2, -0.15) is 0 Å². The first kappa shape index (κ1) is 15.7. The van der Waals surface area contributed by atoms with Crippen molar-refractivity contribution in [2.24, 2.45) is 10.9 Å². The molecule has 2 atom stereocenters. The van der Waals surface area contributed by atoms with Crippen molar-refractivity contribution < 1.29 is 9.60 Å². The Bertz CT molecular complexity index is 520. The highest BCUT2D eigenvalue weighted by atomic mass is 19.1. The minimum absolute atomic E-state index is 0.133. The molecule has 5 nitrogen and oxygen atoms in total. The number of piperidine rings is 1. The van der Waals surface area contributed by atoms with Gasteiger partial charge in [-0.25, -0.2) is 4.39 Å². The Hall–Kier alpha value is -1.66. The topological polar surface area (TPSA) is 73.9 Å². The van der Waals surface area contributed by atoms with Gasteiger partial charge in [-0.05, 0) is 39.4 Å². The van der Waals surface area contributed by atoms with Gasteiger partial charge < -0.3 is 21.2 Å². The maximum atomic E-state index is 14.3. The molecule has 0 aromatic heterocycles. The van der Waals surface area contributed by atoms with Gasteiger partial charge in [0.1, 0.15) is 5.82 Å². The highest BCUT2D eigenvalue weighted by Crippen LogP contribution is 2.17. The van der Waals surface area contributed by atoms with E-state index >= 15 is 0 Å². The zero-order chi connectivity index (χ0) is 15.4. The normalized spacial score (nSPS) is 24.2. The highest BCUT2D eigenvalue weighted by Gasteiger charge is 2.22. The first-order valence-corrected chi connectivity index (χ1v) is 7.21. The molecule has 116 valence electrons. The van der Waals surface area contributed by atoms with Crippen molar-refractivity contribution >= 4 is 5.84 Å². The monoisotopic (exact) mass is 294 g/mol. The minimum atomic E-state index is -0.429. The fraction of sp³-hybridized carbons (Fsp3) is 0.533. The van der Waals surface area contributed by atoms with Crippen LogP contribution in [0.4, 0.5) is 4.39 Å². The summed E-state index contributed by atoms with van der Waals surface area (Å²) >= 11 is 0. The lowest BCUT2D eigenvalue weighted by Gasteiger charge is -2.35. The molecule has 6 heteroatoms. The highest BCUT2D eigenvalue weighted by molar-refractivity contribution is 5.97. The average molecular weight is 294 g/mol. The maximum absolute atomic E-state index is 14.3. The number of likely N-dealkylation sites (tertiary alicyclic amines) is 1. The van der Waals surface area contributed by atoms with Crippen LogP contribution in [0.1, 0.15) is 30.9 Å². The van der Waals surface area contributed by atoms with E-state index in [1.807, 2.05) is 0 Å². The molecule has 0 amide bonds. The summed E-state index contributed by atoms with van der Waals surface area (Å²) < 4.78 is 14.3. The average Bonchev–Trinajstić information content (AvgIpc) is 2.49. The van der Waals surface area contributed by atoms with E-state index in [0.717, 1.165) is 19.4 Å². The van der Waals surface area contributed by atoms with E-state index in [0.29, 0.717) is 24.2 Å². The number of halogens is 1. The quantitative estimate of drug-likeness (QED) is 0.340. The molecule has 1 aromatic carbocycles. The number of hydrogen-bond donors (Lipinski definition) is 3. The molecule has 0 radical (unpaired) electrons. The van der Waals surface area contributed by atoms with Crippen molar-refractivity contribution in [3.8, 4) is 0 Å². The summed E-state index contributed by atoms with van der Waals surface area (Å²) in [5, 5.41) is 14.9. The number of amidine groups is 1. The van der Waals surface area contributed by atoms with Crippen LogP contribution in [0.15, 0.2) is 23.4 Å². The summed E-state index contributed by atoms with van der Waals surface area (Å²) in [7, 11) is 2.13. The Balaban J connectivity index is 2.01. The molecule has 1 aliphatic heterocycles. The number of nitrogens with two attached hydrogens (primary N) is 1. The number of nitrogens with one attached hydrogen (secondary N) is 1. The Kier molecular flexibility index (Phi) is 5.14. The van der Waals surface area contributed by atoms with Crippen molar-refractivity contribution in [1.29, 1.82) is 0 Å². The molecule has 0 spiro atoms. The standard InChI is InChI=1S/C15H23FN4O/c1-10-8-12(6-7-20(10)2)18-9-11-4-3-5-13(14(11)16)15(17)19-21/h3-5,10,12,18,21H,6-9H2,1-2H3,(H2,17,19). The molecule has 1 heterocycles. The van der Waals surface area contributed by atoms with Gasteiger partial charge in [-0.15, -0.1) is 0 Å². The van der Waals surface area contributed by atoms with E-state index in [4.69, 9.17) is 10.9 Å². The van der Waals surface area contributed by atoms with Gasteiger partial charge in [0.25, 0.3) is 0 Å². The predicted molar refractivity (Wildman–Crippen MR) is 80.9 cm³/mol. The first-order valence-electron chi connectivity index (χ1n) is 7.21. The second-order valence-electron chi connectivity index (χ2n) is 5.70. The summed E-state index contributed by atoms with van der Waals surface area (Å²) in [4.78, 5) is 2.33. The third-order valence-corrected chi connectivity index (χ3v) is 4.25. The molecule has 1 aliphatic rings. The molecule has 2 unspecified atom stereocenters. The van der Waals surface area contributed by atoms with Crippen LogP contribution in [-0.4, -0.2) is 41.6 Å². The Morgan fingerprint density at radius 3 is 3.00 bits per heavy atom. The van der Waals surface area contributed by atoms with E-state index in [2.05, 4.69) is 29.3 Å². The lowest BCUT2D eigenvalue weighted by Crippen LogP contribution is -2.45. The molecule has 1 fully saturated rings. The molecule has 1 aromatic rings. The van der Waals surface area contributed by atoms with Gasteiger partial charge in [0.05, 0.1) is 5.56 Å². The van der Waals surface area contributed by atoms with Crippen molar-refractivity contribution in [1.82, 2.24) is 10.2 Å². The molecule has 21 heavy (non-hydrogen) atoms. The summed E-state index contributed by atoms with van der Waals surface area (Å²) in [6.45, 7) is 3.69. The van der Waals surface area contributed by atoms with Crippen molar-refractivity contribution in [3.05, 3.63) is 35.1 Å². The molecule has 0 aliphatic carbocycles. The maximum Gasteiger partial charge on any atom is 0.173 e. The van der Waals surface area contributed by atoms with Gasteiger partial charge in [-0.1, -0.05) is 17.3 Å². The van der Waals surface area contributed by atoms with Gasteiger partial charge in [0.2, 0.25) is 0 Å². The number of rotatable bonds is 4. The fourth-order valence-corrected chi connectivity index (χ4v) is 2.70. The Labute approximate surface area is 124 Å². The van der Waals surface area contributed by atoms with Crippen LogP contribution >= 0.6 is 0 Å². The van der Waals surface area contributed by atoms with Gasteiger partial charge in [-0.3, -0.25) is 0 Å². The summed E-state index contributed by atoms with van der Waals surface area (Å²) in [6.07, 6.45) is 2.11. The van der Waals surface area contributed by atoms with E-state index in [1.54, 1.807) is 12.1 Å². The lowest BCUT2D eigenvalue weighted by molar-refractivity contribution is 0.168. The van der Waals surface area contributed by atoms with Crippen LogP contribution < -0.4 is 11.1 Å². The van der Waals surface area contributed by atoms with Crippen LogP contribution in [-0.2, 0) is 6.54 Å². The fourth-order valence-electron chi connectivity index (χ4n) is 2.70. The van der Waals surface area contributed by atoms with Crippen molar-refractivity contribution in [3.63, 3.8) is 0 Å². The molecule has 0 bridgehead atoms. The lowest BCUT2D eigenvalue weighted by atomic mass is 9.98. The molecule has 4 N–H and O–H groups in total. The smallest absolute Gasteiger partial charge is 0.173 e. The minimum Gasteiger partial charge on any atom is -0.409 e. The molecule has 0 saturated carbocycles. The molecule has 1 saturated heterocycles. The number of nitrogens with zero attached hydrogens (tertiary/aromatic N) is 2. The molecule has 2 rings (SSSR count). The molecular weight excluding hydrogens is 271 g/mol. The van der Waals surface area contributed by atoms with Crippen molar-refractivity contribution in [2.75, 3.05) is 13.6 Å². The van der Waals surface area contributed by atoms with Crippen LogP contribution in [0.5, 0.6) is 0 Å². The Morgan fingerprint density at radius 1 is 1.57 bits per heavy atom. The number of hydrogen-bond acceptors (Lipinski definition) is 4. The first-order chi connectivity index (χ1) is 10.0. The van der Waals surface area contributed by atoms with Crippen LogP contribution in [0.2, 0.25) is 0 Å². The van der Waals surface area contributed by atoms with Crippen LogP contribution in [0.3, 0.4) is 0 Å². The van der Waals surface area contributed by atoms with Crippen molar-refractivity contribution in [2.45, 2.75) is 38.4 Å². The zero-order valence-electron chi connectivity index (χ0n) is 12.5. The van der Waals surface area contributed by atoms with Crippen LogP contribution in [0.25, 0.3) is 0 Å². The SMILES string of the molecule is CC1CC(NCc2cccc(/C(N)=N/O)c2F)CCN1C. The second-order valence-corrected chi connectivity index (χ2v) is 5.70. The summed E-state index contributed by atoms with van der Waals surface area (Å²) in [5.74, 6) is -0.636. The largest absolute Gasteiger partial charge is 0.409 e. The number of oxime groups is 1. The number of benzene rings is 1. The summed E-state index contributed by atoms with van der Waals surface area (Å²) in [5.41, 5.74) is 6.14. The van der Waals surface area contributed by atoms with E-state index < -0.39 is 5.82 Å². The van der Waals surface area contributed by atoms with Gasteiger partial charge >= 0.3 is 0 Å². The second kappa shape index (κ2) is 6.87. The third-order valence-electron chi connectivity index (χ3n) is 4.25. The van der Waals surface area contributed by atoms with Gasteiger partial charge in [0.15, 0.2) is 5.84 Å². The van der Waals surface area contributed by atoms with Gasteiger partial charge in [0, 0.05) is 24.2 Å². The van der Waals surface area contributed by atoms with E-state index in [-0.39, 0.29) is 11.4 Å². The zero-order valence-corrected chi connectivity index (χ0v) is 12.5. The molecular formula is C15H23FN4O. The van der Waals surface area contributed by atoms with E-state index in [9.17, 15) is 4.39 Å². The third kappa shape index (κ3) is 3.71.